The van der Waals surface area contributed by atoms with Crippen molar-refractivity contribution >= 4 is 5.97 Å². The van der Waals surface area contributed by atoms with Crippen molar-refractivity contribution in [2.24, 2.45) is 0 Å². The Morgan fingerprint density at radius 3 is 2.57 bits per heavy atom. The molecule has 1 aromatic heterocycles. The minimum absolute atomic E-state index is 0.00764. The lowest BCUT2D eigenvalue weighted by Gasteiger charge is -2.20. The van der Waals surface area contributed by atoms with Crippen LogP contribution in [0.5, 0.6) is 5.88 Å². The molecule has 0 fully saturated rings. The van der Waals surface area contributed by atoms with Crippen molar-refractivity contribution in [1.82, 2.24) is 4.98 Å². The largest absolute Gasteiger partial charge is 0.477 e. The van der Waals surface area contributed by atoms with E-state index in [9.17, 15) is 4.79 Å². The molecular weight excluding hydrogens is 182 g/mol. The Morgan fingerprint density at radius 2 is 2.07 bits per heavy atom. The Balaban J connectivity index is 2.89. The van der Waals surface area contributed by atoms with Gasteiger partial charge in [-0.3, -0.25) is 0 Å². The lowest BCUT2D eigenvalue weighted by molar-refractivity contribution is 0.0684. The smallest absolute Gasteiger partial charge is 0.354 e. The minimum Gasteiger partial charge on any atom is -0.477 e. The first kappa shape index (κ1) is 10.5. The Bertz CT molecular complexity index is 341. The summed E-state index contributed by atoms with van der Waals surface area (Å²) in [5, 5.41) is 8.69. The first-order valence-electron chi connectivity index (χ1n) is 4.28. The monoisotopic (exact) mass is 195 g/mol. The standard InChI is InChI=1S/C10H13NO3/c1-10(2,3)14-8-6-4-5-7(11-8)9(12)13/h4-6H,1-3H3,(H,12,13). The van der Waals surface area contributed by atoms with E-state index in [-0.39, 0.29) is 11.3 Å². The second-order valence-corrected chi connectivity index (χ2v) is 3.88. The molecule has 0 radical (unpaired) electrons. The van der Waals surface area contributed by atoms with Crippen LogP contribution < -0.4 is 4.74 Å². The van der Waals surface area contributed by atoms with Crippen LogP contribution in [-0.2, 0) is 0 Å². The summed E-state index contributed by atoms with van der Waals surface area (Å²) in [7, 11) is 0. The summed E-state index contributed by atoms with van der Waals surface area (Å²) < 4.78 is 5.42. The fourth-order valence-electron chi connectivity index (χ4n) is 0.904. The molecule has 0 bridgehead atoms. The molecule has 4 heteroatoms. The summed E-state index contributed by atoms with van der Waals surface area (Å²) in [6.07, 6.45) is 0. The number of carbonyl (C=O) groups is 1. The normalized spacial score (nSPS) is 11.1. The first-order valence-corrected chi connectivity index (χ1v) is 4.28. The fraction of sp³-hybridized carbons (Fsp3) is 0.400. The predicted molar refractivity (Wildman–Crippen MR) is 51.6 cm³/mol. The van der Waals surface area contributed by atoms with Crippen LogP contribution in [0.25, 0.3) is 0 Å². The fourth-order valence-corrected chi connectivity index (χ4v) is 0.904. The second kappa shape index (κ2) is 3.65. The van der Waals surface area contributed by atoms with Crippen molar-refractivity contribution in [2.45, 2.75) is 26.4 Å². The van der Waals surface area contributed by atoms with E-state index in [1.165, 1.54) is 6.07 Å². The van der Waals surface area contributed by atoms with Crippen LogP contribution in [0, 0.1) is 0 Å². The number of carboxylic acids is 1. The van der Waals surface area contributed by atoms with Gasteiger partial charge in [0.15, 0.2) is 5.69 Å². The number of nitrogens with zero attached hydrogens (tertiary/aromatic N) is 1. The number of hydrogen-bond acceptors (Lipinski definition) is 3. The molecule has 1 rings (SSSR count). The molecule has 1 N–H and O–H groups in total. The third-order valence-corrected chi connectivity index (χ3v) is 1.35. The van der Waals surface area contributed by atoms with Gasteiger partial charge in [-0.25, -0.2) is 9.78 Å². The van der Waals surface area contributed by atoms with E-state index in [0.717, 1.165) is 0 Å². The van der Waals surface area contributed by atoms with Crippen molar-refractivity contribution in [1.29, 1.82) is 0 Å². The second-order valence-electron chi connectivity index (χ2n) is 3.88. The van der Waals surface area contributed by atoms with E-state index in [1.807, 2.05) is 20.8 Å². The highest BCUT2D eigenvalue weighted by molar-refractivity contribution is 5.85. The van der Waals surface area contributed by atoms with Crippen LogP contribution in [0.2, 0.25) is 0 Å². The van der Waals surface area contributed by atoms with E-state index in [4.69, 9.17) is 9.84 Å². The molecule has 14 heavy (non-hydrogen) atoms. The van der Waals surface area contributed by atoms with Gasteiger partial charge in [0, 0.05) is 6.07 Å². The third-order valence-electron chi connectivity index (χ3n) is 1.35. The van der Waals surface area contributed by atoms with Gasteiger partial charge in [-0.15, -0.1) is 0 Å². The van der Waals surface area contributed by atoms with E-state index in [0.29, 0.717) is 5.88 Å². The molecule has 4 nitrogen and oxygen atoms in total. The van der Waals surface area contributed by atoms with Crippen molar-refractivity contribution < 1.29 is 14.6 Å². The van der Waals surface area contributed by atoms with Crippen molar-refractivity contribution in [2.75, 3.05) is 0 Å². The number of ether oxygens (including phenoxy) is 1. The predicted octanol–water partition coefficient (Wildman–Crippen LogP) is 1.96. The summed E-state index contributed by atoms with van der Waals surface area (Å²) in [6, 6.07) is 4.67. The lowest BCUT2D eigenvalue weighted by atomic mass is 10.2. The molecule has 0 atom stereocenters. The zero-order chi connectivity index (χ0) is 10.8. The van der Waals surface area contributed by atoms with Gasteiger partial charge in [0.1, 0.15) is 5.60 Å². The van der Waals surface area contributed by atoms with Gasteiger partial charge >= 0.3 is 5.97 Å². The van der Waals surface area contributed by atoms with Gasteiger partial charge in [-0.1, -0.05) is 6.07 Å². The van der Waals surface area contributed by atoms with Crippen LogP contribution in [0.4, 0.5) is 0 Å². The summed E-state index contributed by atoms with van der Waals surface area (Å²) in [5.41, 5.74) is -0.379. The third kappa shape index (κ3) is 3.05. The Morgan fingerprint density at radius 1 is 1.43 bits per heavy atom. The topological polar surface area (TPSA) is 59.4 Å². The molecule has 0 saturated carbocycles. The van der Waals surface area contributed by atoms with E-state index in [1.54, 1.807) is 12.1 Å². The lowest BCUT2D eigenvalue weighted by Crippen LogP contribution is -2.23. The van der Waals surface area contributed by atoms with Crippen LogP contribution >= 0.6 is 0 Å². The van der Waals surface area contributed by atoms with Crippen molar-refractivity contribution in [3.05, 3.63) is 23.9 Å². The van der Waals surface area contributed by atoms with Crippen molar-refractivity contribution in [3.8, 4) is 5.88 Å². The van der Waals surface area contributed by atoms with Crippen LogP contribution in [0.3, 0.4) is 0 Å². The maximum atomic E-state index is 10.6. The molecule has 76 valence electrons. The molecule has 0 saturated heterocycles. The zero-order valence-corrected chi connectivity index (χ0v) is 8.44. The molecule has 1 aromatic rings. The highest BCUT2D eigenvalue weighted by Crippen LogP contribution is 2.15. The van der Waals surface area contributed by atoms with Gasteiger partial charge in [-0.2, -0.15) is 0 Å². The zero-order valence-electron chi connectivity index (χ0n) is 8.44. The van der Waals surface area contributed by atoms with Crippen LogP contribution in [-0.4, -0.2) is 21.7 Å². The number of carboxylic acid groups (broad SMARTS) is 1. The molecule has 0 aromatic carbocycles. The van der Waals surface area contributed by atoms with E-state index < -0.39 is 5.97 Å². The number of pyridine rings is 1. The first-order chi connectivity index (χ1) is 6.38. The molecular formula is C10H13NO3. The average molecular weight is 195 g/mol. The molecule has 0 amide bonds. The quantitative estimate of drug-likeness (QED) is 0.783. The average Bonchev–Trinajstić information content (AvgIpc) is 2.01. The molecule has 0 aliphatic rings. The number of aromatic carboxylic acids is 1. The number of hydrogen-bond donors (Lipinski definition) is 1. The highest BCUT2D eigenvalue weighted by atomic mass is 16.5. The Kier molecular flexibility index (Phi) is 2.74. The van der Waals surface area contributed by atoms with Gasteiger partial charge < -0.3 is 9.84 Å². The number of aromatic nitrogens is 1. The maximum absolute atomic E-state index is 10.6. The Hall–Kier alpha value is -1.58. The maximum Gasteiger partial charge on any atom is 0.354 e. The summed E-state index contributed by atoms with van der Waals surface area (Å²) >= 11 is 0. The van der Waals surface area contributed by atoms with Gasteiger partial charge in [0.2, 0.25) is 5.88 Å². The molecule has 0 unspecified atom stereocenters. The van der Waals surface area contributed by atoms with Crippen LogP contribution in [0.15, 0.2) is 18.2 Å². The number of rotatable bonds is 2. The molecule has 0 spiro atoms. The summed E-state index contributed by atoms with van der Waals surface area (Å²) in [5.74, 6) is -0.721. The van der Waals surface area contributed by atoms with Gasteiger partial charge in [0.25, 0.3) is 0 Å². The SMILES string of the molecule is CC(C)(C)Oc1cccc(C(=O)O)n1. The van der Waals surface area contributed by atoms with Gasteiger partial charge in [-0.05, 0) is 26.8 Å². The van der Waals surface area contributed by atoms with Crippen LogP contribution in [0.1, 0.15) is 31.3 Å². The highest BCUT2D eigenvalue weighted by Gasteiger charge is 2.13. The minimum atomic E-state index is -1.05. The van der Waals surface area contributed by atoms with Crippen molar-refractivity contribution in [3.63, 3.8) is 0 Å². The van der Waals surface area contributed by atoms with E-state index >= 15 is 0 Å². The molecule has 0 aliphatic heterocycles. The molecule has 1 heterocycles. The molecule has 0 aliphatic carbocycles. The van der Waals surface area contributed by atoms with Gasteiger partial charge in [0.05, 0.1) is 0 Å². The Labute approximate surface area is 82.5 Å². The summed E-state index contributed by atoms with van der Waals surface area (Å²) in [4.78, 5) is 14.4. The van der Waals surface area contributed by atoms with E-state index in [2.05, 4.69) is 4.98 Å². The summed E-state index contributed by atoms with van der Waals surface area (Å²) in [6.45, 7) is 5.63.